The maximum atomic E-state index is 9.81. The van der Waals surface area contributed by atoms with Gasteiger partial charge in [-0.15, -0.1) is 0 Å². The van der Waals surface area contributed by atoms with Crippen molar-refractivity contribution in [2.24, 2.45) is 16.7 Å². The summed E-state index contributed by atoms with van der Waals surface area (Å²) in [6.07, 6.45) is 0.835. The highest BCUT2D eigenvalue weighted by molar-refractivity contribution is 4.86. The molecule has 0 saturated carbocycles. The fourth-order valence-electron chi connectivity index (χ4n) is 1.98. The highest BCUT2D eigenvalue weighted by Crippen LogP contribution is 2.41. The quantitative estimate of drug-likeness (QED) is 0.715. The van der Waals surface area contributed by atoms with E-state index in [-0.39, 0.29) is 16.9 Å². The maximum Gasteiger partial charge on any atom is 0.0568 e. The van der Waals surface area contributed by atoms with Crippen LogP contribution in [0, 0.1) is 16.7 Å². The number of aliphatic hydroxyl groups is 1. The predicted octanol–water partition coefficient (Wildman–Crippen LogP) is 3.47. The summed E-state index contributed by atoms with van der Waals surface area (Å²) in [4.78, 5) is 0. The molecule has 0 fully saturated rings. The van der Waals surface area contributed by atoms with Crippen LogP contribution in [0.15, 0.2) is 0 Å². The lowest BCUT2D eigenvalue weighted by Gasteiger charge is -2.41. The van der Waals surface area contributed by atoms with Crippen LogP contribution in [-0.4, -0.2) is 11.2 Å². The molecule has 1 N–H and O–H groups in total. The first kappa shape index (κ1) is 13.0. The number of hydrogen-bond donors (Lipinski definition) is 1. The highest BCUT2D eigenvalue weighted by Gasteiger charge is 2.36. The summed E-state index contributed by atoms with van der Waals surface area (Å²) < 4.78 is 0. The lowest BCUT2D eigenvalue weighted by Crippen LogP contribution is -2.38. The van der Waals surface area contributed by atoms with Gasteiger partial charge in [0, 0.05) is 0 Å². The molecule has 0 aliphatic rings. The van der Waals surface area contributed by atoms with Gasteiger partial charge < -0.3 is 5.11 Å². The molecular weight excluding hydrogens is 160 g/mol. The van der Waals surface area contributed by atoms with Gasteiger partial charge in [0.1, 0.15) is 0 Å². The van der Waals surface area contributed by atoms with Gasteiger partial charge in [-0.2, -0.15) is 0 Å². The Hall–Kier alpha value is -0.0400. The fraction of sp³-hybridized carbons (Fsp3) is 1.00. The smallest absolute Gasteiger partial charge is 0.0568 e. The summed E-state index contributed by atoms with van der Waals surface area (Å²) in [5, 5.41) is 9.81. The molecule has 0 aromatic heterocycles. The van der Waals surface area contributed by atoms with Crippen molar-refractivity contribution in [3.8, 4) is 0 Å². The van der Waals surface area contributed by atoms with Gasteiger partial charge in [-0.3, -0.25) is 0 Å². The van der Waals surface area contributed by atoms with E-state index in [1.807, 2.05) is 6.92 Å². The van der Waals surface area contributed by atoms with Gasteiger partial charge in [0.25, 0.3) is 0 Å². The van der Waals surface area contributed by atoms with Crippen LogP contribution in [0.3, 0.4) is 0 Å². The van der Waals surface area contributed by atoms with Gasteiger partial charge in [-0.05, 0) is 30.1 Å². The second kappa shape index (κ2) is 4.00. The zero-order valence-electron chi connectivity index (χ0n) is 10.3. The predicted molar refractivity (Wildman–Crippen MR) is 58.7 cm³/mol. The standard InChI is InChI=1S/C12H26O/c1-9(2)12(7,10(3)13)8-11(4,5)6/h9-10,13H,8H2,1-7H3. The minimum absolute atomic E-state index is 0.0399. The summed E-state index contributed by atoms with van der Waals surface area (Å²) in [6, 6.07) is 0. The Labute approximate surface area is 83.5 Å². The lowest BCUT2D eigenvalue weighted by atomic mass is 9.66. The van der Waals surface area contributed by atoms with Crippen LogP contribution in [0.4, 0.5) is 0 Å². The van der Waals surface area contributed by atoms with Crippen LogP contribution in [0.2, 0.25) is 0 Å². The third-order valence-corrected chi connectivity index (χ3v) is 3.18. The van der Waals surface area contributed by atoms with Crippen LogP contribution in [-0.2, 0) is 0 Å². The Balaban J connectivity index is 4.62. The van der Waals surface area contributed by atoms with E-state index in [2.05, 4.69) is 41.5 Å². The molecule has 0 bridgehead atoms. The van der Waals surface area contributed by atoms with E-state index in [4.69, 9.17) is 0 Å². The fourth-order valence-corrected chi connectivity index (χ4v) is 1.98. The van der Waals surface area contributed by atoms with Gasteiger partial charge in [0.2, 0.25) is 0 Å². The third-order valence-electron chi connectivity index (χ3n) is 3.18. The molecule has 13 heavy (non-hydrogen) atoms. The van der Waals surface area contributed by atoms with Crippen LogP contribution in [0.1, 0.15) is 54.9 Å². The third kappa shape index (κ3) is 3.68. The lowest BCUT2D eigenvalue weighted by molar-refractivity contribution is -0.0136. The average molecular weight is 186 g/mol. The Morgan fingerprint density at radius 2 is 1.38 bits per heavy atom. The van der Waals surface area contributed by atoms with Crippen LogP contribution in [0.25, 0.3) is 0 Å². The summed E-state index contributed by atoms with van der Waals surface area (Å²) in [6.45, 7) is 15.2. The van der Waals surface area contributed by atoms with E-state index in [1.54, 1.807) is 0 Å². The summed E-state index contributed by atoms with van der Waals surface area (Å²) in [5.74, 6) is 0.520. The molecule has 0 radical (unpaired) electrons. The molecule has 0 spiro atoms. The molecular formula is C12H26O. The van der Waals surface area contributed by atoms with E-state index >= 15 is 0 Å². The second-order valence-electron chi connectivity index (χ2n) is 6.07. The van der Waals surface area contributed by atoms with Crippen molar-refractivity contribution in [2.75, 3.05) is 0 Å². The molecule has 1 nitrogen and oxygen atoms in total. The van der Waals surface area contributed by atoms with Gasteiger partial charge in [0.15, 0.2) is 0 Å². The van der Waals surface area contributed by atoms with Crippen molar-refractivity contribution in [3.05, 3.63) is 0 Å². The molecule has 0 amide bonds. The van der Waals surface area contributed by atoms with E-state index < -0.39 is 0 Å². The molecule has 0 aromatic carbocycles. The second-order valence-corrected chi connectivity index (χ2v) is 6.07. The Morgan fingerprint density at radius 1 is 1.00 bits per heavy atom. The van der Waals surface area contributed by atoms with Crippen molar-refractivity contribution in [3.63, 3.8) is 0 Å². The number of aliphatic hydroxyl groups excluding tert-OH is 1. The van der Waals surface area contributed by atoms with Crippen molar-refractivity contribution >= 4 is 0 Å². The molecule has 0 aliphatic carbocycles. The molecule has 0 saturated heterocycles. The van der Waals surface area contributed by atoms with Gasteiger partial charge in [-0.1, -0.05) is 41.5 Å². The normalized spacial score (nSPS) is 20.1. The summed E-state index contributed by atoms with van der Waals surface area (Å²) >= 11 is 0. The van der Waals surface area contributed by atoms with E-state index in [9.17, 15) is 5.11 Å². The summed E-state index contributed by atoms with van der Waals surface area (Å²) in [5.41, 5.74) is 0.328. The van der Waals surface area contributed by atoms with Crippen LogP contribution in [0.5, 0.6) is 0 Å². The first-order valence-corrected chi connectivity index (χ1v) is 5.27. The molecule has 0 aliphatic heterocycles. The van der Waals surface area contributed by atoms with Crippen LogP contribution >= 0.6 is 0 Å². The minimum Gasteiger partial charge on any atom is -0.393 e. The maximum absolute atomic E-state index is 9.81. The zero-order valence-corrected chi connectivity index (χ0v) is 10.3. The van der Waals surface area contributed by atoms with Crippen molar-refractivity contribution in [1.29, 1.82) is 0 Å². The molecule has 2 atom stereocenters. The Bertz CT molecular complexity index is 143. The van der Waals surface area contributed by atoms with E-state index in [1.165, 1.54) is 0 Å². The SMILES string of the molecule is CC(C)C(C)(CC(C)(C)C)C(C)O. The highest BCUT2D eigenvalue weighted by atomic mass is 16.3. The molecule has 80 valence electrons. The van der Waals surface area contributed by atoms with Gasteiger partial charge in [-0.25, -0.2) is 0 Å². The molecule has 1 heteroatoms. The van der Waals surface area contributed by atoms with E-state index in [0.717, 1.165) is 6.42 Å². The monoisotopic (exact) mass is 186 g/mol. The molecule has 0 heterocycles. The molecule has 0 rings (SSSR count). The Morgan fingerprint density at radius 3 is 1.46 bits per heavy atom. The molecule has 0 aromatic rings. The van der Waals surface area contributed by atoms with Crippen molar-refractivity contribution in [1.82, 2.24) is 0 Å². The number of hydrogen-bond acceptors (Lipinski definition) is 1. The van der Waals surface area contributed by atoms with Crippen LogP contribution < -0.4 is 0 Å². The summed E-state index contributed by atoms with van der Waals surface area (Å²) in [7, 11) is 0. The van der Waals surface area contributed by atoms with Gasteiger partial charge in [0.05, 0.1) is 6.10 Å². The van der Waals surface area contributed by atoms with Crippen molar-refractivity contribution in [2.45, 2.75) is 61.0 Å². The Kier molecular flexibility index (Phi) is 3.98. The first-order valence-electron chi connectivity index (χ1n) is 5.27. The van der Waals surface area contributed by atoms with Gasteiger partial charge >= 0.3 is 0 Å². The largest absolute Gasteiger partial charge is 0.393 e. The topological polar surface area (TPSA) is 20.2 Å². The average Bonchev–Trinajstić information content (AvgIpc) is 1.82. The molecule has 2 unspecified atom stereocenters. The minimum atomic E-state index is -0.230. The van der Waals surface area contributed by atoms with Crippen molar-refractivity contribution < 1.29 is 5.11 Å². The first-order chi connectivity index (χ1) is 5.59. The number of rotatable bonds is 3. The van der Waals surface area contributed by atoms with E-state index in [0.29, 0.717) is 5.92 Å². The zero-order chi connectivity index (χ0) is 10.9.